The summed E-state index contributed by atoms with van der Waals surface area (Å²) >= 11 is 1.47. The van der Waals surface area contributed by atoms with Crippen LogP contribution in [0.4, 0.5) is 0 Å². The number of β-lactam (4-membered cyclic amide) rings is 1. The molecule has 35 heavy (non-hydrogen) atoms. The second kappa shape index (κ2) is 9.75. The molecule has 0 saturated carbocycles. The van der Waals surface area contributed by atoms with Gasteiger partial charge in [0.05, 0.1) is 11.9 Å². The zero-order valence-corrected chi connectivity index (χ0v) is 20.5. The lowest BCUT2D eigenvalue weighted by atomic mass is 9.93. The van der Waals surface area contributed by atoms with Crippen molar-refractivity contribution in [2.75, 3.05) is 12.4 Å². The number of nitrogens with one attached hydrogen (secondary N) is 1. The van der Waals surface area contributed by atoms with Crippen LogP contribution in [0, 0.1) is 6.92 Å². The third-order valence-corrected chi connectivity index (χ3v) is 8.18. The van der Waals surface area contributed by atoms with Crippen LogP contribution in [0.15, 0.2) is 61.2 Å². The van der Waals surface area contributed by atoms with Crippen LogP contribution in [0.5, 0.6) is 5.75 Å². The molecule has 4 rings (SSSR count). The zero-order chi connectivity index (χ0) is 25.3. The highest BCUT2D eigenvalue weighted by atomic mass is 32.2. The van der Waals surface area contributed by atoms with Crippen LogP contribution in [-0.4, -0.2) is 73.2 Å². The van der Waals surface area contributed by atoms with Crippen molar-refractivity contribution in [2.45, 2.75) is 43.3 Å². The molecule has 3 amide bonds. The summed E-state index contributed by atoms with van der Waals surface area (Å²) in [5.41, 5.74) is 1.48. The van der Waals surface area contributed by atoms with Crippen molar-refractivity contribution in [3.63, 3.8) is 0 Å². The van der Waals surface area contributed by atoms with Gasteiger partial charge in [0.1, 0.15) is 16.7 Å². The molecule has 0 spiro atoms. The van der Waals surface area contributed by atoms with E-state index in [0.29, 0.717) is 12.1 Å². The summed E-state index contributed by atoms with van der Waals surface area (Å²) in [6.07, 6.45) is 0.283. The van der Waals surface area contributed by atoms with Gasteiger partial charge in [-0.25, -0.2) is 0 Å². The minimum Gasteiger partial charge on any atom is -0.508 e. The fourth-order valence-electron chi connectivity index (χ4n) is 4.69. The number of aliphatic hydroxyl groups is 1. The number of benzene rings is 2. The lowest BCUT2D eigenvalue weighted by Gasteiger charge is -2.52. The third kappa shape index (κ3) is 4.41. The monoisotopic (exact) mass is 495 g/mol. The molecule has 3 N–H and O–H groups in total. The number of likely N-dealkylation sites (tertiary alicyclic amines) is 1. The van der Waals surface area contributed by atoms with Crippen molar-refractivity contribution < 1.29 is 24.6 Å². The molecule has 184 valence electrons. The Kier molecular flexibility index (Phi) is 6.91. The van der Waals surface area contributed by atoms with Gasteiger partial charge in [0.2, 0.25) is 5.91 Å². The lowest BCUT2D eigenvalue weighted by Crippen LogP contribution is -2.73. The average Bonchev–Trinajstić information content (AvgIpc) is 3.17. The molecule has 9 heteroatoms. The van der Waals surface area contributed by atoms with Crippen LogP contribution < -0.4 is 5.32 Å². The topological polar surface area (TPSA) is 110 Å². The van der Waals surface area contributed by atoms with Gasteiger partial charge in [0.25, 0.3) is 11.8 Å². The van der Waals surface area contributed by atoms with E-state index < -0.39 is 34.9 Å². The van der Waals surface area contributed by atoms with Crippen LogP contribution in [0.25, 0.3) is 0 Å². The predicted molar refractivity (Wildman–Crippen MR) is 134 cm³/mol. The van der Waals surface area contributed by atoms with E-state index in [9.17, 15) is 24.6 Å². The van der Waals surface area contributed by atoms with Gasteiger partial charge in [-0.1, -0.05) is 42.5 Å². The molecule has 2 heterocycles. The molecule has 0 radical (unpaired) electrons. The molecule has 2 aromatic carbocycles. The second-order valence-electron chi connectivity index (χ2n) is 8.94. The molecule has 0 aromatic heterocycles. The Morgan fingerprint density at radius 1 is 1.26 bits per heavy atom. The highest BCUT2D eigenvalue weighted by Crippen LogP contribution is 2.50. The van der Waals surface area contributed by atoms with E-state index in [0.717, 1.165) is 5.56 Å². The molecule has 0 aliphatic carbocycles. The Balaban J connectivity index is 1.57. The normalized spacial score (nSPS) is 22.7. The summed E-state index contributed by atoms with van der Waals surface area (Å²) in [6.45, 7) is 7.61. The predicted octanol–water partition coefficient (Wildman–Crippen LogP) is 2.05. The van der Waals surface area contributed by atoms with Crippen molar-refractivity contribution in [1.29, 1.82) is 0 Å². The third-order valence-electron chi connectivity index (χ3n) is 6.74. The number of nitrogens with zero attached hydrogens (tertiary/aromatic N) is 2. The minimum atomic E-state index is -1.57. The number of carbonyl (C=O) groups excluding carboxylic acids is 3. The van der Waals surface area contributed by atoms with Crippen LogP contribution in [-0.2, 0) is 16.0 Å². The smallest absolute Gasteiger partial charge is 0.255 e. The summed E-state index contributed by atoms with van der Waals surface area (Å²) in [4.78, 5) is 41.8. The second-order valence-corrected chi connectivity index (χ2v) is 10.3. The van der Waals surface area contributed by atoms with Gasteiger partial charge >= 0.3 is 0 Å². The molecule has 0 bridgehead atoms. The summed E-state index contributed by atoms with van der Waals surface area (Å²) in [5.74, 6) is -1.06. The number of phenols is 1. The van der Waals surface area contributed by atoms with Crippen LogP contribution in [0.3, 0.4) is 0 Å². The molecular weight excluding hydrogens is 466 g/mol. The van der Waals surface area contributed by atoms with Gasteiger partial charge in [-0.2, -0.15) is 0 Å². The minimum absolute atomic E-state index is 0.0187. The first kappa shape index (κ1) is 24.8. The average molecular weight is 496 g/mol. The Bertz CT molecular complexity index is 1160. The maximum absolute atomic E-state index is 13.4. The Morgan fingerprint density at radius 2 is 1.97 bits per heavy atom. The maximum Gasteiger partial charge on any atom is 0.255 e. The Hall–Kier alpha value is -3.30. The number of amides is 3. The molecule has 8 nitrogen and oxygen atoms in total. The standard InChI is InChI=1S/C26H29N3O5S/c1-4-13-29-25(34)22-26(29,3)35-15-28(22)24(33)21(31)19(14-17-9-6-5-7-10-17)27-23(32)18-11-8-12-20(30)16(18)2/h4-12,19,21-22,30-31H,1,13-15H2,2-3H3,(H,27,32)/t19?,21-,22+,26?/m0/s1. The highest BCUT2D eigenvalue weighted by molar-refractivity contribution is 8.01. The van der Waals surface area contributed by atoms with E-state index in [1.165, 1.54) is 22.7 Å². The van der Waals surface area contributed by atoms with Gasteiger partial charge in [0.15, 0.2) is 6.10 Å². The van der Waals surface area contributed by atoms with E-state index in [4.69, 9.17) is 0 Å². The number of carbonyl (C=O) groups is 3. The first-order valence-electron chi connectivity index (χ1n) is 11.4. The molecule has 2 saturated heterocycles. The summed E-state index contributed by atoms with van der Waals surface area (Å²) in [6, 6.07) is 12.2. The fraction of sp³-hybridized carbons (Fsp3) is 0.346. The van der Waals surface area contributed by atoms with E-state index >= 15 is 0 Å². The molecule has 2 aromatic rings. The quantitative estimate of drug-likeness (QED) is 0.382. The highest BCUT2D eigenvalue weighted by Gasteiger charge is 2.65. The van der Waals surface area contributed by atoms with Crippen LogP contribution in [0.2, 0.25) is 0 Å². The molecule has 4 atom stereocenters. The Morgan fingerprint density at radius 3 is 2.66 bits per heavy atom. The number of rotatable bonds is 8. The van der Waals surface area contributed by atoms with Crippen LogP contribution in [0.1, 0.15) is 28.4 Å². The number of aliphatic hydroxyl groups excluding tert-OH is 1. The maximum atomic E-state index is 13.4. The molecule has 2 unspecified atom stereocenters. The zero-order valence-electron chi connectivity index (χ0n) is 19.7. The van der Waals surface area contributed by atoms with Crippen molar-refractivity contribution in [1.82, 2.24) is 15.1 Å². The van der Waals surface area contributed by atoms with Crippen molar-refractivity contribution in [3.8, 4) is 5.75 Å². The van der Waals surface area contributed by atoms with Crippen molar-refractivity contribution in [3.05, 3.63) is 77.9 Å². The Labute approximate surface area is 208 Å². The SMILES string of the molecule is C=CCN1C(=O)[C@H]2N(C(=O)[C@@H](O)C(Cc3ccccc3)NC(=O)c3cccc(O)c3C)CSC21C. The number of hydrogen-bond acceptors (Lipinski definition) is 6. The largest absolute Gasteiger partial charge is 0.508 e. The van der Waals surface area contributed by atoms with Gasteiger partial charge in [-0.15, -0.1) is 18.3 Å². The molecular formula is C26H29N3O5S. The van der Waals surface area contributed by atoms with E-state index in [2.05, 4.69) is 11.9 Å². The number of thioether (sulfide) groups is 1. The molecule has 2 aliphatic rings. The number of hydrogen-bond donors (Lipinski definition) is 3. The van der Waals surface area contributed by atoms with Gasteiger partial charge in [-0.05, 0) is 38.0 Å². The first-order valence-corrected chi connectivity index (χ1v) is 12.4. The van der Waals surface area contributed by atoms with Gasteiger partial charge < -0.3 is 25.3 Å². The first-order chi connectivity index (χ1) is 16.7. The van der Waals surface area contributed by atoms with Gasteiger partial charge in [-0.3, -0.25) is 14.4 Å². The lowest BCUT2D eigenvalue weighted by molar-refractivity contribution is -0.166. The van der Waals surface area contributed by atoms with Crippen molar-refractivity contribution in [2.24, 2.45) is 0 Å². The summed E-state index contributed by atoms with van der Waals surface area (Å²) < 4.78 is 0. The van der Waals surface area contributed by atoms with Crippen LogP contribution >= 0.6 is 11.8 Å². The van der Waals surface area contributed by atoms with Gasteiger partial charge in [0, 0.05) is 17.7 Å². The molecule has 2 aliphatic heterocycles. The van der Waals surface area contributed by atoms with E-state index in [1.807, 2.05) is 37.3 Å². The summed E-state index contributed by atoms with van der Waals surface area (Å²) in [5, 5.41) is 24.0. The number of fused-ring (bicyclic) bond motifs is 1. The van der Waals surface area contributed by atoms with E-state index in [1.54, 1.807) is 30.0 Å². The summed E-state index contributed by atoms with van der Waals surface area (Å²) in [7, 11) is 0. The number of phenolic OH excluding ortho intramolecular Hbond substituents is 1. The fourth-order valence-corrected chi connectivity index (χ4v) is 6.07. The van der Waals surface area contributed by atoms with E-state index in [-0.39, 0.29) is 29.5 Å². The van der Waals surface area contributed by atoms with Crippen molar-refractivity contribution >= 4 is 29.5 Å². The number of aromatic hydroxyl groups is 1. The molecule has 2 fully saturated rings.